The molecule has 0 aliphatic heterocycles. The van der Waals surface area contributed by atoms with Crippen molar-refractivity contribution in [2.24, 2.45) is 0 Å². The molecule has 5 heteroatoms. The highest BCUT2D eigenvalue weighted by Gasteiger charge is 2.09. The lowest BCUT2D eigenvalue weighted by atomic mass is 10.2. The Morgan fingerprint density at radius 2 is 2.27 bits per heavy atom. The summed E-state index contributed by atoms with van der Waals surface area (Å²) >= 11 is 5.62. The first kappa shape index (κ1) is 9.98. The molecule has 0 bridgehead atoms. The molecule has 78 valence electrons. The molecule has 0 aliphatic carbocycles. The first-order valence-corrected chi connectivity index (χ1v) is 4.76. The number of anilines is 1. The lowest BCUT2D eigenvalue weighted by molar-refractivity contribution is -0.116. The Morgan fingerprint density at radius 3 is 2.93 bits per heavy atom. The van der Waals surface area contributed by atoms with E-state index in [9.17, 15) is 4.79 Å². The number of oxazole rings is 1. The Balaban J connectivity index is 2.50. The highest BCUT2D eigenvalue weighted by Crippen LogP contribution is 2.23. The molecule has 0 radical (unpaired) electrons. The molecular formula is C10H9ClN2O2. The van der Waals surface area contributed by atoms with Crippen LogP contribution in [0.3, 0.4) is 0 Å². The van der Waals surface area contributed by atoms with Crippen LogP contribution in [0.15, 0.2) is 22.6 Å². The molecule has 0 saturated carbocycles. The van der Waals surface area contributed by atoms with Gasteiger partial charge in [-0.15, -0.1) is 0 Å². The molecule has 0 atom stereocenters. The van der Waals surface area contributed by atoms with Gasteiger partial charge in [0.2, 0.25) is 5.91 Å². The van der Waals surface area contributed by atoms with Crippen molar-refractivity contribution >= 4 is 34.3 Å². The summed E-state index contributed by atoms with van der Waals surface area (Å²) in [5.41, 5.74) is 2.01. The monoisotopic (exact) mass is 224 g/mol. The number of nitrogens with zero attached hydrogens (tertiary/aromatic N) is 2. The normalized spacial score (nSPS) is 10.6. The van der Waals surface area contributed by atoms with Gasteiger partial charge in [-0.3, -0.25) is 4.79 Å². The van der Waals surface area contributed by atoms with Gasteiger partial charge in [0, 0.05) is 25.7 Å². The van der Waals surface area contributed by atoms with E-state index < -0.39 is 0 Å². The third-order valence-electron chi connectivity index (χ3n) is 2.21. The zero-order chi connectivity index (χ0) is 11.0. The Bertz CT molecular complexity index is 521. The van der Waals surface area contributed by atoms with Crippen molar-refractivity contribution in [2.75, 3.05) is 11.9 Å². The number of aromatic nitrogens is 1. The van der Waals surface area contributed by atoms with Crippen molar-refractivity contribution in [1.82, 2.24) is 4.98 Å². The molecular weight excluding hydrogens is 216 g/mol. The number of benzene rings is 1. The van der Waals surface area contributed by atoms with Crippen LogP contribution in [-0.2, 0) is 4.79 Å². The van der Waals surface area contributed by atoms with Gasteiger partial charge in [0.1, 0.15) is 5.52 Å². The standard InChI is InChI=1S/C10H9ClN2O2/c1-6(14)13(2)7-3-4-8-9(5-7)15-10(11)12-8/h3-5H,1-2H3. The van der Waals surface area contributed by atoms with E-state index in [1.165, 1.54) is 11.8 Å². The highest BCUT2D eigenvalue weighted by atomic mass is 35.5. The van der Waals surface area contributed by atoms with Crippen LogP contribution in [0.25, 0.3) is 11.1 Å². The molecule has 0 unspecified atom stereocenters. The minimum Gasteiger partial charge on any atom is -0.427 e. The minimum atomic E-state index is -0.0417. The second-order valence-electron chi connectivity index (χ2n) is 3.20. The van der Waals surface area contributed by atoms with Gasteiger partial charge in [0.05, 0.1) is 0 Å². The van der Waals surface area contributed by atoms with E-state index in [2.05, 4.69) is 4.98 Å². The Hall–Kier alpha value is -1.55. The predicted molar refractivity (Wildman–Crippen MR) is 58.1 cm³/mol. The fraction of sp³-hybridized carbons (Fsp3) is 0.200. The SMILES string of the molecule is CC(=O)N(C)c1ccc2nc(Cl)oc2c1. The Kier molecular flexibility index (Phi) is 2.36. The number of fused-ring (bicyclic) bond motifs is 1. The summed E-state index contributed by atoms with van der Waals surface area (Å²) < 4.78 is 5.15. The van der Waals surface area contributed by atoms with Gasteiger partial charge in [-0.05, 0) is 23.7 Å². The fourth-order valence-corrected chi connectivity index (χ4v) is 1.45. The molecule has 1 amide bonds. The molecule has 0 fully saturated rings. The van der Waals surface area contributed by atoms with Crippen molar-refractivity contribution in [3.63, 3.8) is 0 Å². The number of carbonyl (C=O) groups is 1. The maximum atomic E-state index is 11.1. The second-order valence-corrected chi connectivity index (χ2v) is 3.52. The summed E-state index contributed by atoms with van der Waals surface area (Å²) in [5, 5.41) is 0.104. The summed E-state index contributed by atoms with van der Waals surface area (Å²) in [6, 6.07) is 5.29. The van der Waals surface area contributed by atoms with E-state index in [0.29, 0.717) is 11.1 Å². The summed E-state index contributed by atoms with van der Waals surface area (Å²) in [5.74, 6) is -0.0417. The maximum absolute atomic E-state index is 11.1. The highest BCUT2D eigenvalue weighted by molar-refractivity contribution is 6.28. The van der Waals surface area contributed by atoms with E-state index in [1.807, 2.05) is 0 Å². The molecule has 1 aromatic carbocycles. The van der Waals surface area contributed by atoms with E-state index >= 15 is 0 Å². The number of rotatable bonds is 1. The van der Waals surface area contributed by atoms with Crippen LogP contribution in [0, 0.1) is 0 Å². The number of halogens is 1. The van der Waals surface area contributed by atoms with E-state index in [1.54, 1.807) is 25.2 Å². The van der Waals surface area contributed by atoms with Crippen LogP contribution in [0.2, 0.25) is 5.35 Å². The molecule has 0 spiro atoms. The molecule has 1 aromatic heterocycles. The fourth-order valence-electron chi connectivity index (χ4n) is 1.28. The molecule has 4 nitrogen and oxygen atoms in total. The van der Waals surface area contributed by atoms with Crippen molar-refractivity contribution in [1.29, 1.82) is 0 Å². The molecule has 0 aliphatic rings. The molecule has 0 N–H and O–H groups in total. The summed E-state index contributed by atoms with van der Waals surface area (Å²) in [6.07, 6.45) is 0. The molecule has 0 saturated heterocycles. The minimum absolute atomic E-state index is 0.0417. The molecule has 1 heterocycles. The second kappa shape index (κ2) is 3.55. The lowest BCUT2D eigenvalue weighted by Crippen LogP contribution is -2.22. The predicted octanol–water partition coefficient (Wildman–Crippen LogP) is 2.46. The number of amides is 1. The first-order chi connectivity index (χ1) is 7.08. The first-order valence-electron chi connectivity index (χ1n) is 4.38. The van der Waals surface area contributed by atoms with E-state index in [-0.39, 0.29) is 11.3 Å². The van der Waals surface area contributed by atoms with Gasteiger partial charge in [-0.25, -0.2) is 0 Å². The Morgan fingerprint density at radius 1 is 1.53 bits per heavy atom. The summed E-state index contributed by atoms with van der Waals surface area (Å²) in [7, 11) is 1.70. The Labute approximate surface area is 91.4 Å². The number of hydrogen-bond donors (Lipinski definition) is 0. The topological polar surface area (TPSA) is 46.3 Å². The van der Waals surface area contributed by atoms with Crippen LogP contribution in [-0.4, -0.2) is 17.9 Å². The largest absolute Gasteiger partial charge is 0.427 e. The van der Waals surface area contributed by atoms with Crippen LogP contribution < -0.4 is 4.90 Å². The summed E-state index contributed by atoms with van der Waals surface area (Å²) in [4.78, 5) is 16.6. The van der Waals surface area contributed by atoms with Crippen LogP contribution >= 0.6 is 11.6 Å². The molecule has 15 heavy (non-hydrogen) atoms. The van der Waals surface area contributed by atoms with Crippen molar-refractivity contribution in [2.45, 2.75) is 6.92 Å². The zero-order valence-electron chi connectivity index (χ0n) is 8.32. The van der Waals surface area contributed by atoms with Gasteiger partial charge in [-0.2, -0.15) is 4.98 Å². The van der Waals surface area contributed by atoms with Gasteiger partial charge in [-0.1, -0.05) is 0 Å². The third-order valence-corrected chi connectivity index (χ3v) is 2.37. The van der Waals surface area contributed by atoms with Crippen LogP contribution in [0.1, 0.15) is 6.92 Å². The van der Waals surface area contributed by atoms with Crippen LogP contribution in [0.5, 0.6) is 0 Å². The smallest absolute Gasteiger partial charge is 0.293 e. The van der Waals surface area contributed by atoms with E-state index in [4.69, 9.17) is 16.0 Å². The lowest BCUT2D eigenvalue weighted by Gasteiger charge is -2.13. The van der Waals surface area contributed by atoms with Crippen molar-refractivity contribution in [3.8, 4) is 0 Å². The van der Waals surface area contributed by atoms with Gasteiger partial charge >= 0.3 is 0 Å². The van der Waals surface area contributed by atoms with E-state index in [0.717, 1.165) is 5.69 Å². The van der Waals surface area contributed by atoms with Crippen LogP contribution in [0.4, 0.5) is 5.69 Å². The van der Waals surface area contributed by atoms with Gasteiger partial charge in [0.25, 0.3) is 5.35 Å². The number of hydrogen-bond acceptors (Lipinski definition) is 3. The summed E-state index contributed by atoms with van der Waals surface area (Å²) in [6.45, 7) is 1.50. The molecule has 2 rings (SSSR count). The maximum Gasteiger partial charge on any atom is 0.293 e. The van der Waals surface area contributed by atoms with Gasteiger partial charge < -0.3 is 9.32 Å². The average Bonchev–Trinajstić information content (AvgIpc) is 2.55. The van der Waals surface area contributed by atoms with Crippen molar-refractivity contribution < 1.29 is 9.21 Å². The zero-order valence-corrected chi connectivity index (χ0v) is 9.08. The van der Waals surface area contributed by atoms with Crippen molar-refractivity contribution in [3.05, 3.63) is 23.5 Å². The van der Waals surface area contributed by atoms with Gasteiger partial charge in [0.15, 0.2) is 5.58 Å². The number of carbonyl (C=O) groups excluding carboxylic acids is 1. The quantitative estimate of drug-likeness (QED) is 0.748. The molecule has 2 aromatic rings. The third kappa shape index (κ3) is 1.80. The average molecular weight is 225 g/mol.